The zero-order valence-corrected chi connectivity index (χ0v) is 9.00. The van der Waals surface area contributed by atoms with Crippen molar-refractivity contribution in [3.05, 3.63) is 34.3 Å². The van der Waals surface area contributed by atoms with Crippen LogP contribution in [0.4, 0.5) is 0 Å². The van der Waals surface area contributed by atoms with E-state index in [1.54, 1.807) is 6.07 Å². The van der Waals surface area contributed by atoms with Crippen LogP contribution in [0.1, 0.15) is 23.7 Å². The minimum atomic E-state index is -0.269. The van der Waals surface area contributed by atoms with Gasteiger partial charge in [0, 0.05) is 4.47 Å². The van der Waals surface area contributed by atoms with Crippen LogP contribution in [0.3, 0.4) is 0 Å². The Morgan fingerprint density at radius 2 is 2.15 bits per heavy atom. The average molecular weight is 243 g/mol. The molecule has 0 aliphatic carbocycles. The normalized spacial score (nSPS) is 9.69. The Labute approximate surface area is 86.0 Å². The Kier molecular flexibility index (Phi) is 3.96. The quantitative estimate of drug-likeness (QED) is 0.762. The van der Waals surface area contributed by atoms with Gasteiger partial charge in [-0.3, -0.25) is 0 Å². The van der Waals surface area contributed by atoms with Crippen molar-refractivity contribution in [2.45, 2.75) is 13.3 Å². The summed E-state index contributed by atoms with van der Waals surface area (Å²) < 4.78 is 5.76. The van der Waals surface area contributed by atoms with E-state index in [4.69, 9.17) is 4.74 Å². The molecule has 3 heteroatoms. The lowest BCUT2D eigenvalue weighted by Gasteiger charge is -2.03. The van der Waals surface area contributed by atoms with Crippen LogP contribution in [-0.4, -0.2) is 12.6 Å². The van der Waals surface area contributed by atoms with Crippen molar-refractivity contribution in [1.29, 1.82) is 0 Å². The number of hydrogen-bond acceptors (Lipinski definition) is 2. The maximum Gasteiger partial charge on any atom is 0.339 e. The second-order valence-electron chi connectivity index (χ2n) is 2.62. The van der Waals surface area contributed by atoms with E-state index in [9.17, 15) is 4.79 Å². The highest BCUT2D eigenvalue weighted by Crippen LogP contribution is 2.16. The van der Waals surface area contributed by atoms with Gasteiger partial charge in [0.25, 0.3) is 0 Å². The van der Waals surface area contributed by atoms with Crippen LogP contribution in [0.25, 0.3) is 0 Å². The molecule has 0 spiro atoms. The van der Waals surface area contributed by atoms with Crippen molar-refractivity contribution in [2.24, 2.45) is 0 Å². The molecule has 1 aromatic rings. The first-order chi connectivity index (χ1) is 6.25. The van der Waals surface area contributed by atoms with E-state index in [-0.39, 0.29) is 5.97 Å². The number of carbonyl (C=O) groups excluding carboxylic acids is 1. The molecule has 0 radical (unpaired) electrons. The molecule has 0 aromatic heterocycles. The summed E-state index contributed by atoms with van der Waals surface area (Å²) in [4.78, 5) is 11.4. The number of ether oxygens (including phenoxy) is 1. The van der Waals surface area contributed by atoms with E-state index >= 15 is 0 Å². The van der Waals surface area contributed by atoms with Crippen LogP contribution in [0, 0.1) is 0 Å². The molecule has 0 aliphatic heterocycles. The van der Waals surface area contributed by atoms with Gasteiger partial charge in [-0.25, -0.2) is 4.79 Å². The van der Waals surface area contributed by atoms with E-state index in [1.807, 2.05) is 25.1 Å². The molecule has 0 saturated carbocycles. The SMILES string of the molecule is CCCOC(=O)c1ccccc1Br. The highest BCUT2D eigenvalue weighted by molar-refractivity contribution is 9.10. The maximum absolute atomic E-state index is 11.4. The molecule has 70 valence electrons. The maximum atomic E-state index is 11.4. The number of halogens is 1. The lowest BCUT2D eigenvalue weighted by molar-refractivity contribution is 0.0504. The Bertz CT molecular complexity index is 297. The third-order valence-corrected chi connectivity index (χ3v) is 2.22. The molecule has 1 rings (SSSR count). The fourth-order valence-corrected chi connectivity index (χ4v) is 1.35. The van der Waals surface area contributed by atoms with E-state index in [2.05, 4.69) is 15.9 Å². The van der Waals surface area contributed by atoms with Crippen LogP contribution >= 0.6 is 15.9 Å². The van der Waals surface area contributed by atoms with Gasteiger partial charge in [0.1, 0.15) is 0 Å². The van der Waals surface area contributed by atoms with E-state index in [1.165, 1.54) is 0 Å². The topological polar surface area (TPSA) is 26.3 Å². The fourth-order valence-electron chi connectivity index (χ4n) is 0.899. The molecule has 0 heterocycles. The molecule has 13 heavy (non-hydrogen) atoms. The molecule has 0 atom stereocenters. The van der Waals surface area contributed by atoms with E-state index in [0.717, 1.165) is 10.9 Å². The largest absolute Gasteiger partial charge is 0.462 e. The van der Waals surface area contributed by atoms with Crippen LogP contribution in [0.2, 0.25) is 0 Å². The van der Waals surface area contributed by atoms with Gasteiger partial charge in [-0.1, -0.05) is 19.1 Å². The van der Waals surface area contributed by atoms with Gasteiger partial charge in [-0.15, -0.1) is 0 Å². The summed E-state index contributed by atoms with van der Waals surface area (Å²) in [5.74, 6) is -0.269. The van der Waals surface area contributed by atoms with Gasteiger partial charge >= 0.3 is 5.97 Å². The highest BCUT2D eigenvalue weighted by Gasteiger charge is 2.09. The third kappa shape index (κ3) is 2.84. The van der Waals surface area contributed by atoms with Crippen molar-refractivity contribution in [3.8, 4) is 0 Å². The Morgan fingerprint density at radius 1 is 1.46 bits per heavy atom. The summed E-state index contributed by atoms with van der Waals surface area (Å²) in [6, 6.07) is 7.23. The number of hydrogen-bond donors (Lipinski definition) is 0. The first kappa shape index (κ1) is 10.3. The lowest BCUT2D eigenvalue weighted by Crippen LogP contribution is -2.06. The van der Waals surface area contributed by atoms with Crippen LogP contribution < -0.4 is 0 Å². The van der Waals surface area contributed by atoms with E-state index in [0.29, 0.717) is 12.2 Å². The van der Waals surface area contributed by atoms with Gasteiger partial charge in [-0.05, 0) is 34.5 Å². The second kappa shape index (κ2) is 5.02. The molecule has 0 aliphatic rings. The van der Waals surface area contributed by atoms with Crippen molar-refractivity contribution in [3.63, 3.8) is 0 Å². The first-order valence-corrected chi connectivity index (χ1v) is 4.96. The third-order valence-electron chi connectivity index (χ3n) is 1.53. The predicted molar refractivity (Wildman–Crippen MR) is 54.7 cm³/mol. The summed E-state index contributed by atoms with van der Waals surface area (Å²) in [7, 11) is 0. The Hall–Kier alpha value is -0.830. The molecule has 0 unspecified atom stereocenters. The van der Waals surface area contributed by atoms with Crippen LogP contribution in [0.15, 0.2) is 28.7 Å². The monoisotopic (exact) mass is 242 g/mol. The Balaban J connectivity index is 2.71. The summed E-state index contributed by atoms with van der Waals surface area (Å²) >= 11 is 3.29. The molecule has 1 aromatic carbocycles. The standard InChI is InChI=1S/C10H11BrO2/c1-2-7-13-10(12)8-5-3-4-6-9(8)11/h3-6H,2,7H2,1H3. The molecular formula is C10H11BrO2. The molecule has 0 fully saturated rings. The second-order valence-corrected chi connectivity index (χ2v) is 3.47. The molecule has 0 amide bonds. The number of esters is 1. The van der Waals surface area contributed by atoms with Gasteiger partial charge in [0.15, 0.2) is 0 Å². The van der Waals surface area contributed by atoms with Crippen molar-refractivity contribution in [1.82, 2.24) is 0 Å². The Morgan fingerprint density at radius 3 is 2.77 bits per heavy atom. The molecular weight excluding hydrogens is 232 g/mol. The summed E-state index contributed by atoms with van der Waals surface area (Å²) in [5, 5.41) is 0. The summed E-state index contributed by atoms with van der Waals surface area (Å²) in [6.45, 7) is 2.44. The molecule has 2 nitrogen and oxygen atoms in total. The first-order valence-electron chi connectivity index (χ1n) is 4.17. The van der Waals surface area contributed by atoms with Crippen molar-refractivity contribution in [2.75, 3.05) is 6.61 Å². The van der Waals surface area contributed by atoms with Crippen LogP contribution in [-0.2, 0) is 4.74 Å². The number of rotatable bonds is 3. The fraction of sp³-hybridized carbons (Fsp3) is 0.300. The van der Waals surface area contributed by atoms with Crippen LogP contribution in [0.5, 0.6) is 0 Å². The smallest absolute Gasteiger partial charge is 0.339 e. The minimum absolute atomic E-state index is 0.269. The molecule has 0 bridgehead atoms. The van der Waals surface area contributed by atoms with E-state index < -0.39 is 0 Å². The van der Waals surface area contributed by atoms with Gasteiger partial charge < -0.3 is 4.74 Å². The zero-order chi connectivity index (χ0) is 9.68. The minimum Gasteiger partial charge on any atom is -0.462 e. The predicted octanol–water partition coefficient (Wildman–Crippen LogP) is 3.02. The zero-order valence-electron chi connectivity index (χ0n) is 7.42. The van der Waals surface area contributed by atoms with Gasteiger partial charge in [-0.2, -0.15) is 0 Å². The van der Waals surface area contributed by atoms with Crippen molar-refractivity contribution < 1.29 is 9.53 Å². The number of carbonyl (C=O) groups is 1. The summed E-state index contributed by atoms with van der Waals surface area (Å²) in [5.41, 5.74) is 0.580. The van der Waals surface area contributed by atoms with Crippen molar-refractivity contribution >= 4 is 21.9 Å². The van der Waals surface area contributed by atoms with Gasteiger partial charge in [0.2, 0.25) is 0 Å². The average Bonchev–Trinajstić information content (AvgIpc) is 2.15. The summed E-state index contributed by atoms with van der Waals surface area (Å²) in [6.07, 6.45) is 0.843. The highest BCUT2D eigenvalue weighted by atomic mass is 79.9. The lowest BCUT2D eigenvalue weighted by atomic mass is 10.2. The molecule has 0 saturated heterocycles. The van der Waals surface area contributed by atoms with Gasteiger partial charge in [0.05, 0.1) is 12.2 Å². The molecule has 0 N–H and O–H groups in total. The number of benzene rings is 1.